The van der Waals surface area contributed by atoms with E-state index in [0.717, 1.165) is 25.0 Å². The predicted octanol–water partition coefficient (Wildman–Crippen LogP) is 7.11. The van der Waals surface area contributed by atoms with Crippen LogP contribution in [0.15, 0.2) is 36.4 Å². The Balaban J connectivity index is 1.85. The zero-order valence-corrected chi connectivity index (χ0v) is 15.4. The fraction of sp³-hybridized carbons (Fsp3) is 0.368. The van der Waals surface area contributed by atoms with Crippen molar-refractivity contribution in [2.75, 3.05) is 0 Å². The fourth-order valence-electron chi connectivity index (χ4n) is 3.34. The summed E-state index contributed by atoms with van der Waals surface area (Å²) in [7, 11) is 0. The highest BCUT2D eigenvalue weighted by Gasteiger charge is 2.38. The molecule has 0 radical (unpaired) electrons. The average molecular weight is 466 g/mol. The van der Waals surface area contributed by atoms with Crippen LogP contribution in [0.4, 0.5) is 22.0 Å². The quantitative estimate of drug-likeness (QED) is 0.251. The summed E-state index contributed by atoms with van der Waals surface area (Å²) in [5.74, 6) is -2.71. The molecular weight excluding hydrogens is 450 g/mol. The highest BCUT2D eigenvalue weighted by Crippen LogP contribution is 2.38. The van der Waals surface area contributed by atoms with Crippen molar-refractivity contribution in [3.63, 3.8) is 0 Å². The van der Waals surface area contributed by atoms with Gasteiger partial charge in [0, 0.05) is 3.92 Å². The molecule has 0 atom stereocenters. The number of alkyl halides is 4. The monoisotopic (exact) mass is 466 g/mol. The van der Waals surface area contributed by atoms with E-state index in [1.807, 2.05) is 12.1 Å². The van der Waals surface area contributed by atoms with Gasteiger partial charge in [0.15, 0.2) is 0 Å². The number of halogens is 6. The summed E-state index contributed by atoms with van der Waals surface area (Å²) in [5.41, 5.74) is -0.0771. The maximum atomic E-state index is 13.7. The van der Waals surface area contributed by atoms with Gasteiger partial charge in [0.25, 0.3) is 0 Å². The molecule has 0 heterocycles. The molecule has 25 heavy (non-hydrogen) atoms. The van der Waals surface area contributed by atoms with Crippen LogP contribution < -0.4 is 0 Å². The molecule has 2 aromatic carbocycles. The van der Waals surface area contributed by atoms with Crippen LogP contribution in [0, 0.1) is 11.6 Å². The first kappa shape index (κ1) is 18.6. The Kier molecular flexibility index (Phi) is 5.37. The van der Waals surface area contributed by atoms with Gasteiger partial charge in [0.1, 0.15) is 17.2 Å². The van der Waals surface area contributed by atoms with Crippen LogP contribution in [0.3, 0.4) is 0 Å². The van der Waals surface area contributed by atoms with Crippen molar-refractivity contribution in [2.45, 2.75) is 41.7 Å². The van der Waals surface area contributed by atoms with Crippen LogP contribution in [0.2, 0.25) is 0 Å². The summed E-state index contributed by atoms with van der Waals surface area (Å²) in [6, 6.07) is 8.71. The van der Waals surface area contributed by atoms with Crippen LogP contribution in [0.5, 0.6) is 0 Å². The van der Waals surface area contributed by atoms with Crippen LogP contribution in [-0.2, 0) is 6.18 Å². The average Bonchev–Trinajstić information content (AvgIpc) is 2.54. The molecule has 6 heteroatoms. The summed E-state index contributed by atoms with van der Waals surface area (Å²) < 4.78 is 66.1. The molecule has 3 rings (SSSR count). The van der Waals surface area contributed by atoms with E-state index in [1.54, 1.807) is 12.1 Å². The maximum absolute atomic E-state index is 13.7. The highest BCUT2D eigenvalue weighted by molar-refractivity contribution is 14.1. The van der Waals surface area contributed by atoms with Crippen LogP contribution >= 0.6 is 22.6 Å². The van der Waals surface area contributed by atoms with E-state index in [-0.39, 0.29) is 5.56 Å². The number of rotatable bonds is 2. The minimum atomic E-state index is -5.05. The van der Waals surface area contributed by atoms with Crippen molar-refractivity contribution in [3.05, 3.63) is 59.2 Å². The van der Waals surface area contributed by atoms with Gasteiger partial charge in [0.2, 0.25) is 0 Å². The third-order valence-electron chi connectivity index (χ3n) is 4.70. The van der Waals surface area contributed by atoms with Crippen LogP contribution in [0.1, 0.15) is 42.7 Å². The van der Waals surface area contributed by atoms with Crippen LogP contribution in [-0.4, -0.2) is 3.92 Å². The molecule has 2 aromatic rings. The Morgan fingerprint density at radius 2 is 1.32 bits per heavy atom. The highest BCUT2D eigenvalue weighted by atomic mass is 127. The zero-order valence-electron chi connectivity index (χ0n) is 13.2. The Bertz CT molecular complexity index is 720. The topological polar surface area (TPSA) is 0 Å². The van der Waals surface area contributed by atoms with Crippen molar-refractivity contribution in [1.82, 2.24) is 0 Å². The standard InChI is InChI=1S/C19H16F5I/c20-16-9-14(10-17(21)18(16)19(22,23)24)13-3-1-11(2-4-13)12-5-7-15(25)8-6-12/h1-4,9-10,12,15H,5-8H2. The molecule has 1 aliphatic rings. The maximum Gasteiger partial charge on any atom is 0.422 e. The van der Waals surface area contributed by atoms with Gasteiger partial charge >= 0.3 is 6.18 Å². The van der Waals surface area contributed by atoms with Gasteiger partial charge in [-0.25, -0.2) is 8.78 Å². The summed E-state index contributed by atoms with van der Waals surface area (Å²) >= 11 is 2.46. The van der Waals surface area contributed by atoms with Gasteiger partial charge in [0.05, 0.1) is 0 Å². The molecule has 1 fully saturated rings. The summed E-state index contributed by atoms with van der Waals surface area (Å²) in [6.45, 7) is 0. The normalized spacial score (nSPS) is 21.4. The van der Waals surface area contributed by atoms with Crippen molar-refractivity contribution >= 4 is 22.6 Å². The molecule has 0 saturated heterocycles. The molecule has 0 spiro atoms. The number of hydrogen-bond donors (Lipinski definition) is 0. The fourth-order valence-corrected chi connectivity index (χ4v) is 4.06. The second-order valence-electron chi connectivity index (χ2n) is 6.38. The lowest BCUT2D eigenvalue weighted by atomic mass is 9.83. The van der Waals surface area contributed by atoms with Gasteiger partial charge < -0.3 is 0 Å². The largest absolute Gasteiger partial charge is 0.422 e. The third-order valence-corrected chi connectivity index (χ3v) is 5.94. The van der Waals surface area contributed by atoms with Crippen LogP contribution in [0.25, 0.3) is 11.1 Å². The molecule has 1 saturated carbocycles. The molecule has 0 nitrogen and oxygen atoms in total. The minimum Gasteiger partial charge on any atom is -0.206 e. The molecule has 134 valence electrons. The van der Waals surface area contributed by atoms with Crippen molar-refractivity contribution in [1.29, 1.82) is 0 Å². The van der Waals surface area contributed by atoms with Gasteiger partial charge in [-0.2, -0.15) is 13.2 Å². The molecule has 0 N–H and O–H groups in total. The Morgan fingerprint density at radius 1 is 0.800 bits per heavy atom. The lowest BCUT2D eigenvalue weighted by Crippen LogP contribution is -2.12. The third kappa shape index (κ3) is 4.15. The van der Waals surface area contributed by atoms with Gasteiger partial charge in [-0.15, -0.1) is 0 Å². The van der Waals surface area contributed by atoms with E-state index in [2.05, 4.69) is 22.6 Å². The molecule has 0 aromatic heterocycles. The SMILES string of the molecule is Fc1cc(-c2ccc(C3CCC(I)CC3)cc2)cc(F)c1C(F)(F)F. The van der Waals surface area contributed by atoms with E-state index in [4.69, 9.17) is 0 Å². The van der Waals surface area contributed by atoms with E-state index in [1.165, 1.54) is 18.4 Å². The number of hydrogen-bond acceptors (Lipinski definition) is 0. The van der Waals surface area contributed by atoms with E-state index in [0.29, 0.717) is 15.4 Å². The first-order valence-electron chi connectivity index (χ1n) is 8.06. The summed E-state index contributed by atoms with van der Waals surface area (Å²) in [5, 5.41) is 0. The molecule has 0 amide bonds. The second-order valence-corrected chi connectivity index (χ2v) is 8.15. The predicted molar refractivity (Wildman–Crippen MR) is 95.8 cm³/mol. The smallest absolute Gasteiger partial charge is 0.206 e. The molecule has 1 aliphatic carbocycles. The number of benzene rings is 2. The Labute approximate surface area is 156 Å². The molecule has 0 aliphatic heterocycles. The van der Waals surface area contributed by atoms with E-state index in [9.17, 15) is 22.0 Å². The second kappa shape index (κ2) is 7.21. The van der Waals surface area contributed by atoms with Gasteiger partial charge in [-0.05, 0) is 60.4 Å². The van der Waals surface area contributed by atoms with E-state index >= 15 is 0 Å². The summed E-state index contributed by atoms with van der Waals surface area (Å²) in [4.78, 5) is 0. The molecule has 0 unspecified atom stereocenters. The Hall–Kier alpha value is -1.18. The minimum absolute atomic E-state index is 0.102. The van der Waals surface area contributed by atoms with Gasteiger partial charge in [-0.3, -0.25) is 0 Å². The van der Waals surface area contributed by atoms with E-state index < -0.39 is 23.4 Å². The lowest BCUT2D eigenvalue weighted by Gasteiger charge is -2.25. The Morgan fingerprint density at radius 3 is 1.80 bits per heavy atom. The zero-order chi connectivity index (χ0) is 18.2. The first-order valence-corrected chi connectivity index (χ1v) is 9.31. The first-order chi connectivity index (χ1) is 11.8. The summed E-state index contributed by atoms with van der Waals surface area (Å²) in [6.07, 6.45) is -0.494. The van der Waals surface area contributed by atoms with Crippen molar-refractivity contribution < 1.29 is 22.0 Å². The lowest BCUT2D eigenvalue weighted by molar-refractivity contribution is -0.142. The van der Waals surface area contributed by atoms with Crippen molar-refractivity contribution in [3.8, 4) is 11.1 Å². The molecule has 0 bridgehead atoms. The molecular formula is C19H16F5I. The van der Waals surface area contributed by atoms with Gasteiger partial charge in [-0.1, -0.05) is 46.9 Å². The van der Waals surface area contributed by atoms with Crippen molar-refractivity contribution in [2.24, 2.45) is 0 Å².